The van der Waals surface area contributed by atoms with Crippen LogP contribution in [0, 0.1) is 25.2 Å². The minimum absolute atomic E-state index is 0. The van der Waals surface area contributed by atoms with E-state index in [9.17, 15) is 9.22 Å². The maximum Gasteiger partial charge on any atom is 0.148 e. The van der Waals surface area contributed by atoms with E-state index in [4.69, 9.17) is 20.9 Å². The van der Waals surface area contributed by atoms with Gasteiger partial charge >= 0.3 is 0 Å². The predicted octanol–water partition coefficient (Wildman–Crippen LogP) is 17.7. The number of phenolic OH excluding ortho intramolecular Hbond substituents is 1. The number of hydrogen-bond acceptors (Lipinski definition) is 3. The van der Waals surface area contributed by atoms with E-state index in [1.54, 1.807) is 20.8 Å². The van der Waals surface area contributed by atoms with Crippen LogP contribution in [-0.2, 0) is 49.1 Å². The van der Waals surface area contributed by atoms with Crippen molar-refractivity contribution >= 4 is 11.0 Å². The summed E-state index contributed by atoms with van der Waals surface area (Å²) in [5.74, 6) is 0.0976. The molecule has 8 aromatic rings. The van der Waals surface area contributed by atoms with Gasteiger partial charge in [0.1, 0.15) is 11.6 Å². The van der Waals surface area contributed by atoms with Crippen LogP contribution in [0.3, 0.4) is 0 Å². The molecule has 366 valence electrons. The number of nitrogens with zero attached hydrogens (tertiary/aromatic N) is 3. The summed E-state index contributed by atoms with van der Waals surface area (Å²) in [4.78, 5) is 10.3. The normalized spacial score (nSPS) is 15.5. The molecule has 0 aliphatic heterocycles. The predicted molar refractivity (Wildman–Crippen MR) is 294 cm³/mol. The molecule has 0 fully saturated rings. The molecule has 2 aromatic heterocycles. The van der Waals surface area contributed by atoms with Crippen LogP contribution in [0.1, 0.15) is 158 Å². The molecule has 0 spiro atoms. The van der Waals surface area contributed by atoms with Crippen molar-refractivity contribution in [3.8, 4) is 67.5 Å². The first-order chi connectivity index (χ1) is 36.5. The second-order valence-corrected chi connectivity index (χ2v) is 23.6. The minimum atomic E-state index is -2.88. The van der Waals surface area contributed by atoms with Crippen molar-refractivity contribution in [3.63, 3.8) is 0 Å². The number of imidazole rings is 1. The Kier molecular flexibility index (Phi) is 10.5. The zero-order valence-electron chi connectivity index (χ0n) is 54.4. The zero-order valence-corrected chi connectivity index (χ0v) is 45.7. The second-order valence-electron chi connectivity index (χ2n) is 23.6. The minimum Gasteiger partial charge on any atom is -0.507 e. The van der Waals surface area contributed by atoms with Crippen LogP contribution >= 0.6 is 0 Å². The average molecular weight is 1120 g/mol. The maximum absolute atomic E-state index is 12.8. The van der Waals surface area contributed by atoms with Crippen LogP contribution in [-0.4, -0.2) is 19.6 Å². The van der Waals surface area contributed by atoms with Crippen molar-refractivity contribution < 1.29 is 41.3 Å². The number of pyridine rings is 1. The fourth-order valence-electron chi connectivity index (χ4n) is 8.70. The molecule has 0 saturated heterocycles. The number of benzene rings is 6. The molecule has 0 amide bonds. The van der Waals surface area contributed by atoms with Gasteiger partial charge in [-0.15, -0.1) is 29.3 Å². The standard InChI is InChI=1S/C65H74N3O.Pt/c1-40-30-42(38-61(3,4)5)26-28-49(40)51-37-55(66-39-41(51)2)45-31-44(32-47(33-45)63(9,10)11)50-24-21-25-57-58(50)67-60(53-35-48(64(12,13)14)36-54(59(53)69)65(15,16)17)68(57)56-29-27-46(62(6,7)8)34-52(56)43-22-19-18-20-23-43;/h18-30,32-37,39,69H,38H2,1-17H3;/q-1;/i1D3,2D3,28D,35D,36D,38D2;. The summed E-state index contributed by atoms with van der Waals surface area (Å²) in [6, 6.07) is 33.6. The Morgan fingerprint density at radius 3 is 1.91 bits per heavy atom. The van der Waals surface area contributed by atoms with E-state index >= 15 is 0 Å². The molecule has 0 aliphatic rings. The average Bonchev–Trinajstić information content (AvgIpc) is 3.64. The van der Waals surface area contributed by atoms with Crippen LogP contribution in [0.25, 0.3) is 72.7 Å². The molecule has 0 aliphatic carbocycles. The van der Waals surface area contributed by atoms with Gasteiger partial charge in [0, 0.05) is 55.0 Å². The van der Waals surface area contributed by atoms with Crippen molar-refractivity contribution in [3.05, 3.63) is 166 Å². The van der Waals surface area contributed by atoms with Gasteiger partial charge in [0.05, 0.1) is 26.4 Å². The third-order valence-electron chi connectivity index (χ3n) is 12.5. The summed E-state index contributed by atoms with van der Waals surface area (Å²) >= 11 is 0. The summed E-state index contributed by atoms with van der Waals surface area (Å²) in [7, 11) is 0. The number of fused-ring (bicyclic) bond motifs is 1. The summed E-state index contributed by atoms with van der Waals surface area (Å²) in [6.07, 6.45) is -0.854. The Bertz CT molecular complexity index is 3690. The number of phenols is 1. The quantitative estimate of drug-likeness (QED) is 0.162. The van der Waals surface area contributed by atoms with Gasteiger partial charge in [0.2, 0.25) is 0 Å². The van der Waals surface area contributed by atoms with E-state index < -0.39 is 41.7 Å². The molecule has 1 N–H and O–H groups in total. The molecule has 6 aromatic carbocycles. The molecule has 70 heavy (non-hydrogen) atoms. The largest absolute Gasteiger partial charge is 0.507 e. The summed E-state index contributed by atoms with van der Waals surface area (Å²) in [5, 5.41) is 12.8. The first kappa shape index (κ1) is 39.1. The van der Waals surface area contributed by atoms with Gasteiger partial charge < -0.3 is 5.11 Å². The van der Waals surface area contributed by atoms with Crippen LogP contribution in [0.2, 0.25) is 0 Å². The Labute approximate surface area is 449 Å². The maximum atomic E-state index is 12.8. The SMILES string of the molecule is [2H]c1cc(C([2H])([2H])C(C)(C)C)cc(C([2H])([2H])[2H])c1-c1cc(-c2[c-]c(-c3cccc4c3nc(-c3c([2H])c(C(C)(C)C)c([2H])c(C(C)(C)C)c3O)n4-c3ccc(C(C)(C)C)cc3-c3ccccc3)cc(C(C)(C)C)c2)ncc1C([2H])([2H])[2H].[Pt]. The van der Waals surface area contributed by atoms with Crippen molar-refractivity contribution in [2.45, 2.75) is 146 Å². The number of rotatable bonds is 7. The number of aryl methyl sites for hydroxylation is 2. The van der Waals surface area contributed by atoms with Crippen molar-refractivity contribution in [2.24, 2.45) is 5.41 Å². The summed E-state index contributed by atoms with van der Waals surface area (Å²) < 4.78 is 101. The third-order valence-corrected chi connectivity index (χ3v) is 12.5. The van der Waals surface area contributed by atoms with Gasteiger partial charge in [0.25, 0.3) is 0 Å². The zero-order chi connectivity index (χ0) is 59.6. The number of para-hydroxylation sites is 1. The Morgan fingerprint density at radius 2 is 1.29 bits per heavy atom. The van der Waals surface area contributed by atoms with Gasteiger partial charge in [-0.2, -0.15) is 0 Å². The molecule has 0 atom stereocenters. The molecule has 0 saturated carbocycles. The van der Waals surface area contributed by atoms with Gasteiger partial charge in [-0.05, 0) is 116 Å². The van der Waals surface area contributed by atoms with Crippen LogP contribution in [0.4, 0.5) is 0 Å². The van der Waals surface area contributed by atoms with E-state index in [-0.39, 0.29) is 89.4 Å². The van der Waals surface area contributed by atoms with E-state index in [1.807, 2.05) is 94.6 Å². The molecule has 5 heteroatoms. The van der Waals surface area contributed by atoms with Crippen LogP contribution in [0.15, 0.2) is 121 Å². The van der Waals surface area contributed by atoms with E-state index in [1.165, 1.54) is 24.4 Å². The van der Waals surface area contributed by atoms with Crippen LogP contribution < -0.4 is 0 Å². The van der Waals surface area contributed by atoms with Crippen molar-refractivity contribution in [2.75, 3.05) is 0 Å². The third kappa shape index (κ3) is 10.7. The van der Waals surface area contributed by atoms with Crippen molar-refractivity contribution in [1.82, 2.24) is 14.5 Å². The fraction of sp³-hybridized carbons (Fsp3) is 0.354. The molecule has 8 rings (SSSR count). The van der Waals surface area contributed by atoms with E-state index in [0.29, 0.717) is 44.7 Å². The molecule has 2 heterocycles. The summed E-state index contributed by atoms with van der Waals surface area (Å²) in [6.45, 7) is 23.9. The van der Waals surface area contributed by atoms with Gasteiger partial charge in [0.15, 0.2) is 0 Å². The molecule has 0 bridgehead atoms. The van der Waals surface area contributed by atoms with Crippen LogP contribution in [0.5, 0.6) is 5.75 Å². The van der Waals surface area contributed by atoms with E-state index in [2.05, 4.69) is 77.9 Å². The van der Waals surface area contributed by atoms with Gasteiger partial charge in [-0.1, -0.05) is 194 Å². The Morgan fingerprint density at radius 1 is 0.614 bits per heavy atom. The fourth-order valence-corrected chi connectivity index (χ4v) is 8.70. The monoisotopic (exact) mass is 1120 g/mol. The first-order valence-electron chi connectivity index (χ1n) is 29.4. The Hall–Kier alpha value is -5.57. The van der Waals surface area contributed by atoms with Gasteiger partial charge in [-0.3, -0.25) is 9.55 Å². The second kappa shape index (κ2) is 18.9. The topological polar surface area (TPSA) is 50.9 Å². The summed E-state index contributed by atoms with van der Waals surface area (Å²) in [5.41, 5.74) is 4.74. The van der Waals surface area contributed by atoms with E-state index in [0.717, 1.165) is 27.9 Å². The molecule has 4 nitrogen and oxygen atoms in total. The molecule has 0 radical (unpaired) electrons. The number of aromatic hydroxyl groups is 1. The smallest absolute Gasteiger partial charge is 0.148 e. The first-order valence-corrected chi connectivity index (χ1v) is 23.9. The molecular weight excluding hydrogens is 1030 g/mol. The Balaban J connectivity index is 0.00000946. The molecular formula is C65H74N3OPt-. The number of aromatic nitrogens is 3. The molecule has 0 unspecified atom stereocenters. The van der Waals surface area contributed by atoms with Crippen molar-refractivity contribution in [1.29, 1.82) is 0 Å². The van der Waals surface area contributed by atoms with Gasteiger partial charge in [-0.25, -0.2) is 4.98 Å². The number of hydrogen-bond donors (Lipinski definition) is 1.